The van der Waals surface area contributed by atoms with Gasteiger partial charge in [-0.3, -0.25) is 0 Å². The Kier molecular flexibility index (Phi) is 6.65. The van der Waals surface area contributed by atoms with Crippen molar-refractivity contribution in [3.63, 3.8) is 0 Å². The van der Waals surface area contributed by atoms with E-state index in [-0.39, 0.29) is 13.1 Å². The van der Waals surface area contributed by atoms with Crippen LogP contribution < -0.4 is 14.4 Å². The number of fused-ring (bicyclic) bond motifs is 1. The highest BCUT2D eigenvalue weighted by Crippen LogP contribution is 2.37. The second-order valence-corrected chi connectivity index (χ2v) is 10.3. The molecule has 1 aliphatic rings. The first-order valence-electron chi connectivity index (χ1n) is 11.4. The van der Waals surface area contributed by atoms with E-state index in [1.54, 1.807) is 31.0 Å². The standard InChI is InChI=1S/C24H24F2N6O4S/c1-35-21-5-4-16(10-22(21)36-2)20-14-27-24-28-15-29-32(24)23(20)30-6-3-7-31(9-8-30)37(33,34)19-12-17(25)11-18(26)13-19/h4-5,10-15H,3,6-9H2,1-2H3. The Morgan fingerprint density at radius 2 is 1.65 bits per heavy atom. The van der Waals surface area contributed by atoms with E-state index in [0.29, 0.717) is 48.7 Å². The van der Waals surface area contributed by atoms with Crippen molar-refractivity contribution in [2.45, 2.75) is 11.3 Å². The number of hydrogen-bond donors (Lipinski definition) is 0. The van der Waals surface area contributed by atoms with Crippen molar-refractivity contribution in [2.75, 3.05) is 45.3 Å². The maximum absolute atomic E-state index is 13.7. The zero-order valence-electron chi connectivity index (χ0n) is 20.1. The summed E-state index contributed by atoms with van der Waals surface area (Å²) in [5, 5.41) is 4.35. The Bertz CT molecular complexity index is 1540. The highest BCUT2D eigenvalue weighted by atomic mass is 32.2. The average molecular weight is 531 g/mol. The summed E-state index contributed by atoms with van der Waals surface area (Å²) >= 11 is 0. The minimum Gasteiger partial charge on any atom is -0.493 e. The van der Waals surface area contributed by atoms with Gasteiger partial charge in [0.1, 0.15) is 23.8 Å². The maximum Gasteiger partial charge on any atom is 0.254 e. The number of anilines is 1. The Morgan fingerprint density at radius 1 is 0.892 bits per heavy atom. The molecule has 2 aromatic carbocycles. The van der Waals surface area contributed by atoms with E-state index in [1.807, 2.05) is 17.0 Å². The highest BCUT2D eigenvalue weighted by Gasteiger charge is 2.30. The van der Waals surface area contributed by atoms with Crippen LogP contribution in [0.5, 0.6) is 11.5 Å². The molecule has 0 atom stereocenters. The quantitative estimate of drug-likeness (QED) is 0.375. The van der Waals surface area contributed by atoms with Crippen molar-refractivity contribution in [3.8, 4) is 22.6 Å². The van der Waals surface area contributed by atoms with Gasteiger partial charge in [0.25, 0.3) is 5.78 Å². The number of methoxy groups -OCH3 is 2. The summed E-state index contributed by atoms with van der Waals surface area (Å²) in [7, 11) is -0.989. The van der Waals surface area contributed by atoms with Crippen LogP contribution in [0.15, 0.2) is 53.8 Å². The van der Waals surface area contributed by atoms with Gasteiger partial charge in [-0.25, -0.2) is 22.2 Å². The van der Waals surface area contributed by atoms with Gasteiger partial charge in [0, 0.05) is 44.0 Å². The van der Waals surface area contributed by atoms with Gasteiger partial charge >= 0.3 is 0 Å². The van der Waals surface area contributed by atoms with Crippen molar-refractivity contribution >= 4 is 21.6 Å². The molecule has 0 unspecified atom stereocenters. The van der Waals surface area contributed by atoms with Gasteiger partial charge in [0.05, 0.1) is 19.1 Å². The number of halogens is 2. The molecule has 1 fully saturated rings. The monoisotopic (exact) mass is 530 g/mol. The van der Waals surface area contributed by atoms with Gasteiger partial charge in [0.2, 0.25) is 10.0 Å². The van der Waals surface area contributed by atoms with Crippen LogP contribution in [0.4, 0.5) is 14.6 Å². The van der Waals surface area contributed by atoms with E-state index in [9.17, 15) is 17.2 Å². The SMILES string of the molecule is COc1ccc(-c2cnc3ncnn3c2N2CCCN(S(=O)(=O)c3cc(F)cc(F)c3)CC2)cc1OC. The minimum absolute atomic E-state index is 0.102. The number of nitrogens with zero attached hydrogens (tertiary/aromatic N) is 6. The molecule has 0 amide bonds. The molecule has 0 N–H and O–H groups in total. The molecule has 0 radical (unpaired) electrons. The van der Waals surface area contributed by atoms with Gasteiger partial charge in [0.15, 0.2) is 11.5 Å². The highest BCUT2D eigenvalue weighted by molar-refractivity contribution is 7.89. The first kappa shape index (κ1) is 24.8. The average Bonchev–Trinajstić information content (AvgIpc) is 3.23. The number of sulfonamides is 1. The molecule has 3 heterocycles. The summed E-state index contributed by atoms with van der Waals surface area (Å²) in [6.07, 6.45) is 3.56. The summed E-state index contributed by atoms with van der Waals surface area (Å²) in [5.41, 5.74) is 1.53. The van der Waals surface area contributed by atoms with E-state index < -0.39 is 26.6 Å². The fraction of sp³-hybridized carbons (Fsp3) is 0.292. The molecule has 194 valence electrons. The first-order chi connectivity index (χ1) is 17.8. The molecule has 5 rings (SSSR count). The Hall–Kier alpha value is -3.84. The summed E-state index contributed by atoms with van der Waals surface area (Å²) in [6, 6.07) is 7.80. The molecule has 0 aliphatic carbocycles. The molecular formula is C24H24F2N6O4S. The number of hydrogen-bond acceptors (Lipinski definition) is 8. The largest absolute Gasteiger partial charge is 0.493 e. The molecule has 10 nitrogen and oxygen atoms in total. The fourth-order valence-electron chi connectivity index (χ4n) is 4.45. The molecule has 13 heteroatoms. The molecule has 4 aromatic rings. The molecule has 37 heavy (non-hydrogen) atoms. The second kappa shape index (κ2) is 9.90. The van der Waals surface area contributed by atoms with Crippen molar-refractivity contribution in [1.29, 1.82) is 0 Å². The van der Waals surface area contributed by atoms with Crippen LogP contribution in [-0.2, 0) is 10.0 Å². The number of rotatable bonds is 6. The Labute approximate surface area is 212 Å². The second-order valence-electron chi connectivity index (χ2n) is 8.39. The lowest BCUT2D eigenvalue weighted by atomic mass is 10.1. The zero-order chi connectivity index (χ0) is 26.2. The molecule has 2 aromatic heterocycles. The van der Waals surface area contributed by atoms with Crippen LogP contribution in [0.3, 0.4) is 0 Å². The molecular weight excluding hydrogens is 506 g/mol. The molecule has 1 aliphatic heterocycles. The zero-order valence-corrected chi connectivity index (χ0v) is 21.0. The van der Waals surface area contributed by atoms with E-state index in [0.717, 1.165) is 23.3 Å². The van der Waals surface area contributed by atoms with Crippen LogP contribution in [0, 0.1) is 11.6 Å². The van der Waals surface area contributed by atoms with Crippen LogP contribution in [0.1, 0.15) is 6.42 Å². The lowest BCUT2D eigenvalue weighted by molar-refractivity contribution is 0.355. The lowest BCUT2D eigenvalue weighted by Crippen LogP contribution is -2.36. The van der Waals surface area contributed by atoms with E-state index >= 15 is 0 Å². The van der Waals surface area contributed by atoms with Crippen LogP contribution in [-0.4, -0.2) is 72.7 Å². The van der Waals surface area contributed by atoms with Gasteiger partial charge in [-0.1, -0.05) is 6.07 Å². The summed E-state index contributed by atoms with van der Waals surface area (Å²) < 4.78 is 67.5. The van der Waals surface area contributed by atoms with Gasteiger partial charge in [-0.15, -0.1) is 0 Å². The van der Waals surface area contributed by atoms with E-state index in [4.69, 9.17) is 9.47 Å². The normalized spacial score (nSPS) is 15.1. The maximum atomic E-state index is 13.7. The predicted molar refractivity (Wildman–Crippen MR) is 131 cm³/mol. The van der Waals surface area contributed by atoms with Gasteiger partial charge in [-0.05, 0) is 36.2 Å². The van der Waals surface area contributed by atoms with Crippen molar-refractivity contribution in [3.05, 3.63) is 60.6 Å². The smallest absolute Gasteiger partial charge is 0.254 e. The number of ether oxygens (including phenoxy) is 2. The molecule has 0 saturated carbocycles. The summed E-state index contributed by atoms with van der Waals surface area (Å²) in [5.74, 6) is 0.306. The first-order valence-corrected chi connectivity index (χ1v) is 12.9. The summed E-state index contributed by atoms with van der Waals surface area (Å²) in [4.78, 5) is 10.2. The van der Waals surface area contributed by atoms with E-state index in [1.165, 1.54) is 10.6 Å². The number of benzene rings is 2. The van der Waals surface area contributed by atoms with Crippen molar-refractivity contribution < 1.29 is 26.7 Å². The van der Waals surface area contributed by atoms with Gasteiger partial charge < -0.3 is 14.4 Å². The van der Waals surface area contributed by atoms with E-state index in [2.05, 4.69) is 15.1 Å². The Morgan fingerprint density at radius 3 is 2.38 bits per heavy atom. The third-order valence-electron chi connectivity index (χ3n) is 6.20. The third-order valence-corrected chi connectivity index (χ3v) is 8.08. The third kappa shape index (κ3) is 4.67. The van der Waals surface area contributed by atoms with Gasteiger partial charge in [-0.2, -0.15) is 18.9 Å². The fourth-order valence-corrected chi connectivity index (χ4v) is 5.96. The minimum atomic E-state index is -4.10. The number of aromatic nitrogens is 4. The lowest BCUT2D eigenvalue weighted by Gasteiger charge is -2.26. The van der Waals surface area contributed by atoms with Crippen LogP contribution in [0.2, 0.25) is 0 Å². The van der Waals surface area contributed by atoms with Crippen molar-refractivity contribution in [1.82, 2.24) is 23.9 Å². The molecule has 0 spiro atoms. The molecule has 1 saturated heterocycles. The topological polar surface area (TPSA) is 102 Å². The summed E-state index contributed by atoms with van der Waals surface area (Å²) in [6.45, 7) is 1.09. The Balaban J connectivity index is 1.51. The van der Waals surface area contributed by atoms with Crippen LogP contribution in [0.25, 0.3) is 16.9 Å². The predicted octanol–water partition coefficient (Wildman–Crippen LogP) is 2.99. The molecule has 0 bridgehead atoms. The van der Waals surface area contributed by atoms with Crippen LogP contribution >= 0.6 is 0 Å². The van der Waals surface area contributed by atoms with Crippen molar-refractivity contribution in [2.24, 2.45) is 0 Å².